The van der Waals surface area contributed by atoms with Crippen molar-refractivity contribution in [3.8, 4) is 5.75 Å². The van der Waals surface area contributed by atoms with Crippen LogP contribution in [0.1, 0.15) is 37.7 Å². The van der Waals surface area contributed by atoms with Crippen LogP contribution in [0.15, 0.2) is 24.3 Å². The molecule has 0 bridgehead atoms. The summed E-state index contributed by atoms with van der Waals surface area (Å²) < 4.78 is 5.82. The fourth-order valence-electron chi connectivity index (χ4n) is 3.55. The Morgan fingerprint density at radius 1 is 1.27 bits per heavy atom. The second-order valence-corrected chi connectivity index (χ2v) is 6.50. The van der Waals surface area contributed by atoms with Crippen molar-refractivity contribution in [1.29, 1.82) is 0 Å². The van der Waals surface area contributed by atoms with E-state index >= 15 is 0 Å². The molecule has 0 saturated carbocycles. The maximum atomic E-state index is 12.6. The molecule has 2 unspecified atom stereocenters. The van der Waals surface area contributed by atoms with Gasteiger partial charge in [-0.25, -0.2) is 0 Å². The number of likely N-dealkylation sites (tertiary alicyclic amines) is 1. The largest absolute Gasteiger partial charge is 0.480 e. The number of ether oxygens (including phenoxy) is 1. The van der Waals surface area contributed by atoms with E-state index in [1.165, 1.54) is 19.3 Å². The topological polar surface area (TPSA) is 55.6 Å². The summed E-state index contributed by atoms with van der Waals surface area (Å²) in [6.07, 6.45) is 6.31. The van der Waals surface area contributed by atoms with Crippen LogP contribution in [0.3, 0.4) is 0 Å². The minimum absolute atomic E-state index is 0.167. The van der Waals surface area contributed by atoms with Crippen molar-refractivity contribution in [3.05, 3.63) is 29.8 Å². The number of carbonyl (C=O) groups excluding carboxylic acids is 1. The Kier molecular flexibility index (Phi) is 4.98. The van der Waals surface area contributed by atoms with Crippen LogP contribution >= 0.6 is 0 Å². The predicted molar refractivity (Wildman–Crippen MR) is 86.8 cm³/mol. The first-order valence-electron chi connectivity index (χ1n) is 8.51. The molecular weight excluding hydrogens is 276 g/mol. The van der Waals surface area contributed by atoms with E-state index in [1.807, 2.05) is 29.2 Å². The zero-order valence-electron chi connectivity index (χ0n) is 13.2. The van der Waals surface area contributed by atoms with Gasteiger partial charge in [0.2, 0.25) is 0 Å². The molecule has 0 radical (unpaired) electrons. The number of nitrogens with zero attached hydrogens (tertiary/aromatic N) is 1. The third-order valence-electron chi connectivity index (χ3n) is 4.84. The predicted octanol–water partition coefficient (Wildman–Crippen LogP) is 2.36. The molecule has 2 aliphatic rings. The smallest absolute Gasteiger partial charge is 0.264 e. The molecule has 1 aromatic rings. The first-order valence-corrected chi connectivity index (χ1v) is 8.51. The SMILES string of the molecule is NCCCCCC1CCN(C(=O)C2Cc3ccccc3O2)C1. The van der Waals surface area contributed by atoms with Gasteiger partial charge >= 0.3 is 0 Å². The van der Waals surface area contributed by atoms with Gasteiger partial charge in [-0.1, -0.05) is 31.0 Å². The molecule has 3 rings (SSSR count). The summed E-state index contributed by atoms with van der Waals surface area (Å²) in [6, 6.07) is 7.96. The van der Waals surface area contributed by atoms with Crippen LogP contribution in [0.2, 0.25) is 0 Å². The van der Waals surface area contributed by atoms with Gasteiger partial charge in [-0.3, -0.25) is 4.79 Å². The number of nitrogens with two attached hydrogens (primary N) is 1. The number of carbonyl (C=O) groups is 1. The highest BCUT2D eigenvalue weighted by atomic mass is 16.5. The van der Waals surface area contributed by atoms with Gasteiger partial charge in [-0.2, -0.15) is 0 Å². The molecule has 1 saturated heterocycles. The van der Waals surface area contributed by atoms with E-state index in [2.05, 4.69) is 0 Å². The van der Waals surface area contributed by atoms with Crippen molar-refractivity contribution in [2.24, 2.45) is 11.7 Å². The van der Waals surface area contributed by atoms with Gasteiger partial charge in [0.15, 0.2) is 6.10 Å². The van der Waals surface area contributed by atoms with E-state index in [0.717, 1.165) is 43.8 Å². The molecular formula is C18H26N2O2. The Hall–Kier alpha value is -1.55. The lowest BCUT2D eigenvalue weighted by Crippen LogP contribution is -2.40. The summed E-state index contributed by atoms with van der Waals surface area (Å²) in [4.78, 5) is 14.6. The monoisotopic (exact) mass is 302 g/mol. The first-order chi connectivity index (χ1) is 10.8. The summed E-state index contributed by atoms with van der Waals surface area (Å²) in [5, 5.41) is 0. The van der Waals surface area contributed by atoms with E-state index in [1.54, 1.807) is 0 Å². The Labute approximate surface area is 132 Å². The average molecular weight is 302 g/mol. The van der Waals surface area contributed by atoms with Crippen molar-refractivity contribution in [3.63, 3.8) is 0 Å². The van der Waals surface area contributed by atoms with Crippen LogP contribution in [0, 0.1) is 5.92 Å². The Balaban J connectivity index is 1.46. The maximum absolute atomic E-state index is 12.6. The van der Waals surface area contributed by atoms with E-state index in [-0.39, 0.29) is 12.0 Å². The van der Waals surface area contributed by atoms with Crippen LogP contribution in [0.25, 0.3) is 0 Å². The highest BCUT2D eigenvalue weighted by Gasteiger charge is 2.35. The van der Waals surface area contributed by atoms with Crippen molar-refractivity contribution < 1.29 is 9.53 Å². The third kappa shape index (κ3) is 3.43. The quantitative estimate of drug-likeness (QED) is 0.821. The lowest BCUT2D eigenvalue weighted by molar-refractivity contribution is -0.136. The number of fused-ring (bicyclic) bond motifs is 1. The molecule has 1 fully saturated rings. The summed E-state index contributed by atoms with van der Waals surface area (Å²) in [7, 11) is 0. The molecule has 1 aromatic carbocycles. The normalized spacial score (nSPS) is 23.4. The van der Waals surface area contributed by atoms with Crippen LogP contribution in [0.5, 0.6) is 5.75 Å². The Bertz CT molecular complexity index is 493. The van der Waals surface area contributed by atoms with Crippen molar-refractivity contribution in [1.82, 2.24) is 4.90 Å². The fraction of sp³-hybridized carbons (Fsp3) is 0.611. The van der Waals surface area contributed by atoms with Gasteiger partial charge in [0.1, 0.15) is 5.75 Å². The standard InChI is InChI=1S/C18H26N2O2/c19-10-5-1-2-6-14-9-11-20(13-14)18(21)17-12-15-7-3-4-8-16(15)22-17/h3-4,7-8,14,17H,1-2,5-6,9-13,19H2. The number of hydrogen-bond donors (Lipinski definition) is 1. The molecule has 0 spiro atoms. The van der Waals surface area contributed by atoms with Crippen LogP contribution in [0.4, 0.5) is 0 Å². The van der Waals surface area contributed by atoms with Gasteiger partial charge in [0.05, 0.1) is 0 Å². The highest BCUT2D eigenvalue weighted by molar-refractivity contribution is 5.82. The van der Waals surface area contributed by atoms with Crippen LogP contribution < -0.4 is 10.5 Å². The lowest BCUT2D eigenvalue weighted by atomic mass is 10.0. The second-order valence-electron chi connectivity index (χ2n) is 6.50. The summed E-state index contributed by atoms with van der Waals surface area (Å²) in [5.41, 5.74) is 6.68. The zero-order chi connectivity index (χ0) is 15.4. The fourth-order valence-corrected chi connectivity index (χ4v) is 3.55. The number of unbranched alkanes of at least 4 members (excludes halogenated alkanes) is 2. The molecule has 4 heteroatoms. The number of amides is 1. The first kappa shape index (κ1) is 15.3. The Morgan fingerprint density at radius 2 is 2.14 bits per heavy atom. The number of para-hydroxylation sites is 1. The maximum Gasteiger partial charge on any atom is 0.264 e. The molecule has 0 aliphatic carbocycles. The van der Waals surface area contributed by atoms with Crippen LogP contribution in [-0.4, -0.2) is 36.5 Å². The Morgan fingerprint density at radius 3 is 2.95 bits per heavy atom. The zero-order valence-corrected chi connectivity index (χ0v) is 13.2. The van der Waals surface area contributed by atoms with Crippen molar-refractivity contribution >= 4 is 5.91 Å². The van der Waals surface area contributed by atoms with Gasteiger partial charge in [0.25, 0.3) is 5.91 Å². The van der Waals surface area contributed by atoms with Gasteiger partial charge in [0, 0.05) is 19.5 Å². The van der Waals surface area contributed by atoms with Gasteiger partial charge in [-0.15, -0.1) is 0 Å². The van der Waals surface area contributed by atoms with Crippen LogP contribution in [-0.2, 0) is 11.2 Å². The molecule has 2 N–H and O–H groups in total. The van der Waals surface area contributed by atoms with Gasteiger partial charge in [-0.05, 0) is 43.4 Å². The number of hydrogen-bond acceptors (Lipinski definition) is 3. The summed E-state index contributed by atoms with van der Waals surface area (Å²) in [6.45, 7) is 2.57. The van der Waals surface area contributed by atoms with E-state index in [9.17, 15) is 4.79 Å². The molecule has 4 nitrogen and oxygen atoms in total. The number of rotatable bonds is 6. The molecule has 2 aliphatic heterocycles. The molecule has 0 aromatic heterocycles. The van der Waals surface area contributed by atoms with E-state index in [0.29, 0.717) is 12.3 Å². The molecule has 120 valence electrons. The van der Waals surface area contributed by atoms with Crippen molar-refractivity contribution in [2.75, 3.05) is 19.6 Å². The minimum Gasteiger partial charge on any atom is -0.480 e. The van der Waals surface area contributed by atoms with E-state index in [4.69, 9.17) is 10.5 Å². The van der Waals surface area contributed by atoms with E-state index < -0.39 is 0 Å². The average Bonchev–Trinajstić information content (AvgIpc) is 3.17. The number of benzene rings is 1. The molecule has 2 heterocycles. The van der Waals surface area contributed by atoms with Crippen molar-refractivity contribution in [2.45, 2.75) is 44.6 Å². The lowest BCUT2D eigenvalue weighted by Gasteiger charge is -2.20. The molecule has 22 heavy (non-hydrogen) atoms. The second kappa shape index (κ2) is 7.14. The third-order valence-corrected chi connectivity index (χ3v) is 4.84. The van der Waals surface area contributed by atoms with Gasteiger partial charge < -0.3 is 15.4 Å². The minimum atomic E-state index is -0.312. The molecule has 2 atom stereocenters. The summed E-state index contributed by atoms with van der Waals surface area (Å²) >= 11 is 0. The summed E-state index contributed by atoms with van der Waals surface area (Å²) in [5.74, 6) is 1.70. The molecule has 1 amide bonds. The highest BCUT2D eigenvalue weighted by Crippen LogP contribution is 2.30.